The number of benzene rings is 1. The van der Waals surface area contributed by atoms with Crippen molar-refractivity contribution < 1.29 is 23.0 Å². The van der Waals surface area contributed by atoms with Crippen molar-refractivity contribution in [2.45, 2.75) is 26.0 Å². The van der Waals surface area contributed by atoms with Crippen LogP contribution in [-0.2, 0) is 11.3 Å². The molecule has 0 aliphatic carbocycles. The van der Waals surface area contributed by atoms with Gasteiger partial charge < -0.3 is 19.5 Å². The summed E-state index contributed by atoms with van der Waals surface area (Å²) < 4.78 is 39.5. The van der Waals surface area contributed by atoms with E-state index in [4.69, 9.17) is 9.47 Å². The highest BCUT2D eigenvalue weighted by Gasteiger charge is 2.15. The van der Waals surface area contributed by atoms with E-state index >= 15 is 0 Å². The van der Waals surface area contributed by atoms with Gasteiger partial charge in [0.25, 0.3) is 0 Å². The molecule has 1 atom stereocenters. The van der Waals surface area contributed by atoms with E-state index in [2.05, 4.69) is 10.1 Å². The first kappa shape index (κ1) is 16.0. The van der Waals surface area contributed by atoms with Crippen LogP contribution in [0.25, 0.3) is 0 Å². The van der Waals surface area contributed by atoms with Crippen molar-refractivity contribution in [2.75, 3.05) is 26.9 Å². The lowest BCUT2D eigenvalue weighted by Crippen LogP contribution is -2.18. The Morgan fingerprint density at radius 2 is 2.24 bits per heavy atom. The minimum Gasteiger partial charge on any atom is -0.493 e. The molecule has 4 nitrogen and oxygen atoms in total. The Morgan fingerprint density at radius 3 is 2.90 bits per heavy atom. The number of hydrogen-bond donors (Lipinski definition) is 1. The lowest BCUT2D eigenvalue weighted by molar-refractivity contribution is -0.0512. The van der Waals surface area contributed by atoms with Crippen LogP contribution in [0.4, 0.5) is 8.78 Å². The molecule has 1 aliphatic heterocycles. The molecule has 1 aromatic rings. The molecule has 1 fully saturated rings. The third kappa shape index (κ3) is 5.13. The van der Waals surface area contributed by atoms with Crippen LogP contribution in [0.5, 0.6) is 11.5 Å². The van der Waals surface area contributed by atoms with Crippen LogP contribution in [-0.4, -0.2) is 33.5 Å². The largest absolute Gasteiger partial charge is 0.493 e. The summed E-state index contributed by atoms with van der Waals surface area (Å²) in [5.74, 6) is 1.00. The Hall–Kier alpha value is -1.40. The third-order valence-corrected chi connectivity index (χ3v) is 3.53. The first-order chi connectivity index (χ1) is 10.2. The van der Waals surface area contributed by atoms with Crippen molar-refractivity contribution in [3.8, 4) is 11.5 Å². The molecule has 1 aliphatic rings. The zero-order chi connectivity index (χ0) is 15.1. The topological polar surface area (TPSA) is 39.7 Å². The van der Waals surface area contributed by atoms with Crippen LogP contribution >= 0.6 is 0 Å². The van der Waals surface area contributed by atoms with Crippen molar-refractivity contribution >= 4 is 0 Å². The Morgan fingerprint density at radius 1 is 1.38 bits per heavy atom. The molecular formula is C15H21F2NO3. The Balaban J connectivity index is 1.81. The van der Waals surface area contributed by atoms with Gasteiger partial charge in [0.05, 0.1) is 7.11 Å². The number of nitrogens with one attached hydrogen (secondary N) is 1. The molecule has 1 saturated heterocycles. The van der Waals surface area contributed by atoms with Gasteiger partial charge in [-0.15, -0.1) is 0 Å². The summed E-state index contributed by atoms with van der Waals surface area (Å²) in [6.45, 7) is 0.334. The smallest absolute Gasteiger partial charge is 0.387 e. The second kappa shape index (κ2) is 8.14. The maximum absolute atomic E-state index is 12.3. The fourth-order valence-corrected chi connectivity index (χ4v) is 2.37. The van der Waals surface area contributed by atoms with Crippen molar-refractivity contribution in [2.24, 2.45) is 5.92 Å². The number of ether oxygens (including phenoxy) is 3. The van der Waals surface area contributed by atoms with E-state index in [-0.39, 0.29) is 5.75 Å². The molecule has 6 heteroatoms. The molecule has 0 aromatic heterocycles. The first-order valence-electron chi connectivity index (χ1n) is 7.09. The van der Waals surface area contributed by atoms with Gasteiger partial charge in [-0.05, 0) is 43.0 Å². The van der Waals surface area contributed by atoms with Gasteiger partial charge in [-0.3, -0.25) is 0 Å². The van der Waals surface area contributed by atoms with Crippen molar-refractivity contribution in [1.29, 1.82) is 0 Å². The third-order valence-electron chi connectivity index (χ3n) is 3.53. The average molecular weight is 301 g/mol. The van der Waals surface area contributed by atoms with Gasteiger partial charge in [0.15, 0.2) is 11.5 Å². The van der Waals surface area contributed by atoms with E-state index in [1.54, 1.807) is 12.1 Å². The van der Waals surface area contributed by atoms with Crippen molar-refractivity contribution in [1.82, 2.24) is 5.32 Å². The summed E-state index contributed by atoms with van der Waals surface area (Å²) in [5.41, 5.74) is 0.883. The molecule has 0 radical (unpaired) electrons. The summed E-state index contributed by atoms with van der Waals surface area (Å²) >= 11 is 0. The molecule has 1 heterocycles. The van der Waals surface area contributed by atoms with E-state index in [0.29, 0.717) is 18.2 Å². The lowest BCUT2D eigenvalue weighted by Gasteiger charge is -2.12. The monoisotopic (exact) mass is 301 g/mol. The quantitative estimate of drug-likeness (QED) is 0.750. The number of hydrogen-bond acceptors (Lipinski definition) is 4. The van der Waals surface area contributed by atoms with E-state index in [1.165, 1.54) is 7.11 Å². The highest BCUT2D eigenvalue weighted by atomic mass is 19.3. The van der Waals surface area contributed by atoms with E-state index in [1.807, 2.05) is 6.07 Å². The minimum atomic E-state index is -2.86. The number of rotatable bonds is 8. The zero-order valence-corrected chi connectivity index (χ0v) is 12.1. The van der Waals surface area contributed by atoms with Crippen LogP contribution in [0.15, 0.2) is 18.2 Å². The summed E-state index contributed by atoms with van der Waals surface area (Å²) in [7, 11) is 1.43. The van der Waals surface area contributed by atoms with Crippen molar-refractivity contribution in [3.05, 3.63) is 23.8 Å². The van der Waals surface area contributed by atoms with Gasteiger partial charge in [-0.1, -0.05) is 6.07 Å². The molecule has 118 valence electrons. The SMILES string of the molecule is COc1ccc(CNCCC2CCOC2)cc1OC(F)F. The normalized spacial score (nSPS) is 18.2. The van der Waals surface area contributed by atoms with E-state index in [0.717, 1.165) is 38.2 Å². The van der Waals surface area contributed by atoms with Crippen LogP contribution in [0, 0.1) is 5.92 Å². The fourth-order valence-electron chi connectivity index (χ4n) is 2.37. The van der Waals surface area contributed by atoms with Gasteiger partial charge >= 0.3 is 6.61 Å². The number of methoxy groups -OCH3 is 1. The predicted molar refractivity (Wildman–Crippen MR) is 74.9 cm³/mol. The summed E-state index contributed by atoms with van der Waals surface area (Å²) in [6, 6.07) is 5.05. The Labute approximate surface area is 123 Å². The highest BCUT2D eigenvalue weighted by molar-refractivity contribution is 5.42. The molecule has 0 saturated carbocycles. The molecule has 0 amide bonds. The van der Waals surface area contributed by atoms with Crippen molar-refractivity contribution in [3.63, 3.8) is 0 Å². The van der Waals surface area contributed by atoms with Gasteiger partial charge in [-0.2, -0.15) is 8.78 Å². The lowest BCUT2D eigenvalue weighted by atomic mass is 10.1. The Bertz CT molecular complexity index is 437. The molecule has 1 N–H and O–H groups in total. The molecular weight excluding hydrogens is 280 g/mol. The average Bonchev–Trinajstić information content (AvgIpc) is 2.96. The van der Waals surface area contributed by atoms with Crippen LogP contribution in [0.3, 0.4) is 0 Å². The van der Waals surface area contributed by atoms with Crippen LogP contribution < -0.4 is 14.8 Å². The minimum absolute atomic E-state index is 0.0657. The van der Waals surface area contributed by atoms with Crippen LogP contribution in [0.2, 0.25) is 0 Å². The standard InChI is InChI=1S/C15H21F2NO3/c1-19-13-3-2-12(8-14(13)21-15(16)17)9-18-6-4-11-5-7-20-10-11/h2-3,8,11,15,18H,4-7,9-10H2,1H3. The summed E-state index contributed by atoms with van der Waals surface area (Å²) in [4.78, 5) is 0. The maximum atomic E-state index is 12.3. The molecule has 0 spiro atoms. The zero-order valence-electron chi connectivity index (χ0n) is 12.1. The Kier molecular flexibility index (Phi) is 6.20. The number of alkyl halides is 2. The first-order valence-corrected chi connectivity index (χ1v) is 7.09. The maximum Gasteiger partial charge on any atom is 0.387 e. The molecule has 1 unspecified atom stereocenters. The summed E-state index contributed by atoms with van der Waals surface area (Å²) in [5, 5.41) is 3.31. The van der Waals surface area contributed by atoms with Gasteiger partial charge in [-0.25, -0.2) is 0 Å². The van der Waals surface area contributed by atoms with E-state index in [9.17, 15) is 8.78 Å². The highest BCUT2D eigenvalue weighted by Crippen LogP contribution is 2.29. The number of halogens is 2. The molecule has 0 bridgehead atoms. The fraction of sp³-hybridized carbons (Fsp3) is 0.600. The second-order valence-electron chi connectivity index (χ2n) is 5.06. The summed E-state index contributed by atoms with van der Waals surface area (Å²) in [6.07, 6.45) is 2.19. The van der Waals surface area contributed by atoms with Crippen LogP contribution in [0.1, 0.15) is 18.4 Å². The van der Waals surface area contributed by atoms with Gasteiger partial charge in [0, 0.05) is 19.8 Å². The predicted octanol–water partition coefficient (Wildman–Crippen LogP) is 2.81. The molecule has 21 heavy (non-hydrogen) atoms. The molecule has 1 aromatic carbocycles. The molecule has 2 rings (SSSR count). The second-order valence-corrected chi connectivity index (χ2v) is 5.06. The van der Waals surface area contributed by atoms with Gasteiger partial charge in [0.2, 0.25) is 0 Å². The van der Waals surface area contributed by atoms with E-state index < -0.39 is 6.61 Å². The van der Waals surface area contributed by atoms with Gasteiger partial charge in [0.1, 0.15) is 0 Å².